The zero-order valence-electron chi connectivity index (χ0n) is 7.62. The molecule has 0 radical (unpaired) electrons. The molecule has 0 bridgehead atoms. The van der Waals surface area contributed by atoms with Crippen molar-refractivity contribution in [3.63, 3.8) is 0 Å². The molecule has 0 amide bonds. The fraction of sp³-hybridized carbons (Fsp3) is 0.273. The van der Waals surface area contributed by atoms with Crippen molar-refractivity contribution in [1.82, 2.24) is 0 Å². The van der Waals surface area contributed by atoms with E-state index in [0.717, 1.165) is 0 Å². The highest BCUT2D eigenvalue weighted by Gasteiger charge is 1.93. The van der Waals surface area contributed by atoms with Crippen molar-refractivity contribution in [1.29, 1.82) is 0 Å². The first-order valence-electron chi connectivity index (χ1n) is 4.27. The Morgan fingerprint density at radius 2 is 1.92 bits per heavy atom. The summed E-state index contributed by atoms with van der Waals surface area (Å²) in [5, 5.41) is 3.36. The summed E-state index contributed by atoms with van der Waals surface area (Å²) >= 11 is 0. The SMILES string of the molecule is CC=CC(C)Nc1ccccc1. The van der Waals surface area contributed by atoms with Crippen LogP contribution in [-0.2, 0) is 0 Å². The molecule has 0 saturated carbocycles. The van der Waals surface area contributed by atoms with Crippen LogP contribution in [-0.4, -0.2) is 6.04 Å². The Morgan fingerprint density at radius 3 is 2.50 bits per heavy atom. The maximum atomic E-state index is 3.36. The van der Waals surface area contributed by atoms with Gasteiger partial charge in [0.05, 0.1) is 0 Å². The Bertz CT molecular complexity index is 238. The Hall–Kier alpha value is -1.24. The lowest BCUT2D eigenvalue weighted by molar-refractivity contribution is 0.995. The smallest absolute Gasteiger partial charge is 0.0416 e. The summed E-state index contributed by atoms with van der Waals surface area (Å²) in [4.78, 5) is 0. The van der Waals surface area contributed by atoms with Gasteiger partial charge in [0.1, 0.15) is 0 Å². The molecule has 1 aromatic carbocycles. The predicted octanol–water partition coefficient (Wildman–Crippen LogP) is 3.06. The van der Waals surface area contributed by atoms with E-state index >= 15 is 0 Å². The van der Waals surface area contributed by atoms with Crippen LogP contribution in [0.3, 0.4) is 0 Å². The Kier molecular flexibility index (Phi) is 3.39. The number of hydrogen-bond acceptors (Lipinski definition) is 1. The van der Waals surface area contributed by atoms with Crippen molar-refractivity contribution in [2.45, 2.75) is 19.9 Å². The molecular weight excluding hydrogens is 146 g/mol. The van der Waals surface area contributed by atoms with Gasteiger partial charge in [-0.05, 0) is 26.0 Å². The van der Waals surface area contributed by atoms with Crippen molar-refractivity contribution in [3.05, 3.63) is 42.5 Å². The number of allylic oxidation sites excluding steroid dienone is 1. The van der Waals surface area contributed by atoms with Crippen LogP contribution in [0.4, 0.5) is 5.69 Å². The second-order valence-corrected chi connectivity index (χ2v) is 2.82. The largest absolute Gasteiger partial charge is 0.379 e. The molecule has 0 fully saturated rings. The molecular formula is C11H15N. The van der Waals surface area contributed by atoms with Crippen molar-refractivity contribution < 1.29 is 0 Å². The van der Waals surface area contributed by atoms with Crippen LogP contribution in [0.15, 0.2) is 42.5 Å². The van der Waals surface area contributed by atoms with E-state index in [1.54, 1.807) is 0 Å². The van der Waals surface area contributed by atoms with Crippen LogP contribution in [0, 0.1) is 0 Å². The van der Waals surface area contributed by atoms with E-state index in [2.05, 4.69) is 36.5 Å². The molecule has 0 heterocycles. The van der Waals surface area contributed by atoms with Gasteiger partial charge in [0.2, 0.25) is 0 Å². The minimum atomic E-state index is 0.400. The minimum Gasteiger partial charge on any atom is -0.379 e. The van der Waals surface area contributed by atoms with Crippen LogP contribution in [0.2, 0.25) is 0 Å². The van der Waals surface area contributed by atoms with E-state index in [-0.39, 0.29) is 0 Å². The second-order valence-electron chi connectivity index (χ2n) is 2.82. The Balaban J connectivity index is 2.52. The first-order chi connectivity index (χ1) is 5.83. The van der Waals surface area contributed by atoms with Gasteiger partial charge in [-0.1, -0.05) is 30.4 Å². The molecule has 1 aromatic rings. The Labute approximate surface area is 74.1 Å². The molecule has 64 valence electrons. The zero-order chi connectivity index (χ0) is 8.81. The lowest BCUT2D eigenvalue weighted by Crippen LogP contribution is -2.11. The highest BCUT2D eigenvalue weighted by atomic mass is 14.9. The molecule has 0 saturated heterocycles. The van der Waals surface area contributed by atoms with Gasteiger partial charge in [-0.15, -0.1) is 0 Å². The summed E-state index contributed by atoms with van der Waals surface area (Å²) < 4.78 is 0. The van der Waals surface area contributed by atoms with Crippen LogP contribution in [0.5, 0.6) is 0 Å². The summed E-state index contributed by atoms with van der Waals surface area (Å²) in [7, 11) is 0. The number of hydrogen-bond donors (Lipinski definition) is 1. The number of nitrogens with one attached hydrogen (secondary N) is 1. The molecule has 0 aromatic heterocycles. The monoisotopic (exact) mass is 161 g/mol. The molecule has 1 heteroatoms. The average molecular weight is 161 g/mol. The van der Waals surface area contributed by atoms with Crippen LogP contribution >= 0.6 is 0 Å². The molecule has 12 heavy (non-hydrogen) atoms. The van der Waals surface area contributed by atoms with E-state index < -0.39 is 0 Å². The van der Waals surface area contributed by atoms with Gasteiger partial charge in [0, 0.05) is 11.7 Å². The highest BCUT2D eigenvalue weighted by molar-refractivity contribution is 5.44. The third-order valence-electron chi connectivity index (χ3n) is 1.65. The van der Waals surface area contributed by atoms with Crippen molar-refractivity contribution in [3.8, 4) is 0 Å². The van der Waals surface area contributed by atoms with Gasteiger partial charge >= 0.3 is 0 Å². The summed E-state index contributed by atoms with van der Waals surface area (Å²) in [5.41, 5.74) is 1.17. The van der Waals surface area contributed by atoms with E-state index in [4.69, 9.17) is 0 Å². The lowest BCUT2D eigenvalue weighted by atomic mass is 10.2. The van der Waals surface area contributed by atoms with Gasteiger partial charge in [-0.3, -0.25) is 0 Å². The molecule has 0 aliphatic carbocycles. The maximum absolute atomic E-state index is 3.36. The maximum Gasteiger partial charge on any atom is 0.0416 e. The summed E-state index contributed by atoms with van der Waals surface area (Å²) in [6.45, 7) is 4.16. The summed E-state index contributed by atoms with van der Waals surface area (Å²) in [6, 6.07) is 10.6. The fourth-order valence-corrected chi connectivity index (χ4v) is 1.13. The molecule has 0 spiro atoms. The second kappa shape index (κ2) is 4.60. The third kappa shape index (κ3) is 2.79. The van der Waals surface area contributed by atoms with Crippen LogP contribution < -0.4 is 5.32 Å². The van der Waals surface area contributed by atoms with E-state index in [0.29, 0.717) is 6.04 Å². The van der Waals surface area contributed by atoms with Crippen molar-refractivity contribution >= 4 is 5.69 Å². The van der Waals surface area contributed by atoms with E-state index in [1.807, 2.05) is 25.1 Å². The number of para-hydroxylation sites is 1. The average Bonchev–Trinajstić information content (AvgIpc) is 2.06. The van der Waals surface area contributed by atoms with Crippen molar-refractivity contribution in [2.75, 3.05) is 5.32 Å². The summed E-state index contributed by atoms with van der Waals surface area (Å²) in [6.07, 6.45) is 4.19. The van der Waals surface area contributed by atoms with Gasteiger partial charge in [-0.25, -0.2) is 0 Å². The van der Waals surface area contributed by atoms with E-state index in [9.17, 15) is 0 Å². The quantitative estimate of drug-likeness (QED) is 0.672. The third-order valence-corrected chi connectivity index (χ3v) is 1.65. The molecule has 0 aliphatic rings. The van der Waals surface area contributed by atoms with E-state index in [1.165, 1.54) is 5.69 Å². The first-order valence-corrected chi connectivity index (χ1v) is 4.27. The van der Waals surface area contributed by atoms with Gasteiger partial charge in [0.15, 0.2) is 0 Å². The summed E-state index contributed by atoms with van der Waals surface area (Å²) in [5.74, 6) is 0. The molecule has 1 rings (SSSR count). The molecule has 1 unspecified atom stereocenters. The minimum absolute atomic E-state index is 0.400. The zero-order valence-corrected chi connectivity index (χ0v) is 7.62. The van der Waals surface area contributed by atoms with Gasteiger partial charge in [0.25, 0.3) is 0 Å². The number of benzene rings is 1. The van der Waals surface area contributed by atoms with Gasteiger partial charge in [-0.2, -0.15) is 0 Å². The standard InChI is InChI=1S/C11H15N/c1-3-7-10(2)12-11-8-5-4-6-9-11/h3-10,12H,1-2H3. The Morgan fingerprint density at radius 1 is 1.25 bits per heavy atom. The van der Waals surface area contributed by atoms with Crippen molar-refractivity contribution in [2.24, 2.45) is 0 Å². The van der Waals surface area contributed by atoms with Gasteiger partial charge < -0.3 is 5.32 Å². The van der Waals surface area contributed by atoms with Crippen LogP contribution in [0.25, 0.3) is 0 Å². The fourth-order valence-electron chi connectivity index (χ4n) is 1.13. The number of rotatable bonds is 3. The molecule has 0 aliphatic heterocycles. The molecule has 1 atom stereocenters. The normalized spacial score (nSPS) is 13.2. The van der Waals surface area contributed by atoms with Crippen LogP contribution in [0.1, 0.15) is 13.8 Å². The first kappa shape index (κ1) is 8.85. The molecule has 1 nitrogen and oxygen atoms in total. The lowest BCUT2D eigenvalue weighted by Gasteiger charge is -2.10. The predicted molar refractivity (Wildman–Crippen MR) is 54.3 cm³/mol. The topological polar surface area (TPSA) is 12.0 Å². The molecule has 1 N–H and O–H groups in total. The number of anilines is 1. The highest BCUT2D eigenvalue weighted by Crippen LogP contribution is 2.06.